The fourth-order valence-corrected chi connectivity index (χ4v) is 4.06. The molecule has 4 heteroatoms. The Balaban J connectivity index is 2.01. The number of ether oxygens (including phenoxy) is 1. The second-order valence-electron chi connectivity index (χ2n) is 7.60. The van der Waals surface area contributed by atoms with Gasteiger partial charge in [0.05, 0.1) is 5.41 Å². The molecule has 0 aliphatic heterocycles. The molecule has 0 atom stereocenters. The van der Waals surface area contributed by atoms with Gasteiger partial charge in [0, 0.05) is 8.05 Å². The van der Waals surface area contributed by atoms with Gasteiger partial charge in [-0.1, -0.05) is 34.1 Å². The lowest BCUT2D eigenvalue weighted by molar-refractivity contribution is -0.142. The van der Waals surface area contributed by atoms with Crippen molar-refractivity contribution >= 4 is 50.1 Å². The van der Waals surface area contributed by atoms with E-state index >= 15 is 0 Å². The van der Waals surface area contributed by atoms with Gasteiger partial charge in [0.1, 0.15) is 5.75 Å². The fraction of sp³-hybridized carbons (Fsp3) is 0.318. The molecule has 2 aromatic rings. The molecule has 0 saturated carbocycles. The monoisotopic (exact) mass is 524 g/mol. The number of carbonyl (C=O) groups excluding carboxylic acids is 1. The maximum atomic E-state index is 12.2. The van der Waals surface area contributed by atoms with Crippen molar-refractivity contribution in [1.82, 2.24) is 0 Å². The fourth-order valence-electron chi connectivity index (χ4n) is 2.98. The summed E-state index contributed by atoms with van der Waals surface area (Å²) in [7, 11) is 0. The number of benzene rings is 2. The highest BCUT2D eigenvalue weighted by Crippen LogP contribution is 2.39. The molecule has 0 radical (unpaired) electrons. The molecule has 1 aliphatic rings. The van der Waals surface area contributed by atoms with Crippen molar-refractivity contribution in [2.45, 2.75) is 40.0 Å². The van der Waals surface area contributed by atoms with E-state index in [9.17, 15) is 4.79 Å². The summed E-state index contributed by atoms with van der Waals surface area (Å²) in [6.45, 7) is 5.61. The maximum absolute atomic E-state index is 12.2. The Morgan fingerprint density at radius 1 is 1.08 bits per heavy atom. The molecule has 0 bridgehead atoms. The standard InChI is InChI=1S/C22H22BrIO2/c1-22(2,3)21(25)26-17-11-12-18-15(13-17)5-4-6-19(23)20(18)14-7-9-16(24)10-8-14/h7-13H,4-6H2,1-3H3. The number of aryl methyl sites for hydroxylation is 1. The van der Waals surface area contributed by atoms with Crippen LogP contribution in [0.25, 0.3) is 5.57 Å². The highest BCUT2D eigenvalue weighted by atomic mass is 127. The van der Waals surface area contributed by atoms with Gasteiger partial charge in [0.2, 0.25) is 0 Å². The van der Waals surface area contributed by atoms with Crippen molar-refractivity contribution in [3.05, 3.63) is 67.2 Å². The van der Waals surface area contributed by atoms with Gasteiger partial charge in [-0.25, -0.2) is 0 Å². The predicted octanol–water partition coefficient (Wildman–Crippen LogP) is 6.73. The van der Waals surface area contributed by atoms with E-state index in [1.165, 1.54) is 30.3 Å². The van der Waals surface area contributed by atoms with E-state index in [0.29, 0.717) is 5.75 Å². The first kappa shape index (κ1) is 19.6. The Morgan fingerprint density at radius 3 is 2.42 bits per heavy atom. The minimum absolute atomic E-state index is 0.208. The topological polar surface area (TPSA) is 26.3 Å². The summed E-state index contributed by atoms with van der Waals surface area (Å²) in [5, 5.41) is 0. The third-order valence-electron chi connectivity index (χ3n) is 4.42. The summed E-state index contributed by atoms with van der Waals surface area (Å²) in [4.78, 5) is 12.2. The van der Waals surface area contributed by atoms with Crippen LogP contribution in [-0.2, 0) is 11.2 Å². The first-order chi connectivity index (χ1) is 12.3. The summed E-state index contributed by atoms with van der Waals surface area (Å²) >= 11 is 6.13. The van der Waals surface area contributed by atoms with Crippen LogP contribution in [0.2, 0.25) is 0 Å². The van der Waals surface area contributed by atoms with Gasteiger partial charge in [0.25, 0.3) is 0 Å². The van der Waals surface area contributed by atoms with E-state index in [1.807, 2.05) is 32.9 Å². The van der Waals surface area contributed by atoms with Crippen LogP contribution in [0.3, 0.4) is 0 Å². The minimum atomic E-state index is -0.512. The van der Waals surface area contributed by atoms with E-state index in [0.717, 1.165) is 19.3 Å². The molecule has 0 fully saturated rings. The normalized spacial score (nSPS) is 14.7. The molecule has 136 valence electrons. The first-order valence-corrected chi connectivity index (χ1v) is 10.6. The van der Waals surface area contributed by atoms with Gasteiger partial charge >= 0.3 is 5.97 Å². The lowest BCUT2D eigenvalue weighted by Crippen LogP contribution is -2.25. The zero-order valence-corrected chi connectivity index (χ0v) is 19.0. The lowest BCUT2D eigenvalue weighted by atomic mass is 9.93. The molecule has 26 heavy (non-hydrogen) atoms. The zero-order valence-electron chi connectivity index (χ0n) is 15.2. The van der Waals surface area contributed by atoms with Gasteiger partial charge in [-0.15, -0.1) is 0 Å². The van der Waals surface area contributed by atoms with E-state index in [1.54, 1.807) is 0 Å². The second-order valence-corrected chi connectivity index (χ2v) is 9.80. The summed E-state index contributed by atoms with van der Waals surface area (Å²) in [5.41, 5.74) is 4.38. The second kappa shape index (κ2) is 7.85. The molecule has 0 aromatic heterocycles. The molecule has 0 amide bonds. The van der Waals surface area contributed by atoms with Crippen LogP contribution < -0.4 is 4.74 Å². The van der Waals surface area contributed by atoms with Crippen LogP contribution in [0.4, 0.5) is 0 Å². The molecule has 3 rings (SSSR count). The van der Waals surface area contributed by atoms with Crippen LogP contribution in [-0.4, -0.2) is 5.97 Å². The average Bonchev–Trinajstić information content (AvgIpc) is 2.73. The molecule has 0 N–H and O–H groups in total. The van der Waals surface area contributed by atoms with Crippen LogP contribution in [0.1, 0.15) is 50.3 Å². The summed E-state index contributed by atoms with van der Waals surface area (Å²) in [6.07, 6.45) is 3.05. The molecular formula is C22H22BrIO2. The number of esters is 1. The number of halogens is 2. The SMILES string of the molecule is CC(C)(C)C(=O)Oc1ccc2c(c1)CCCC(Br)=C2c1ccc(I)cc1. The van der Waals surface area contributed by atoms with E-state index in [2.05, 4.69) is 68.9 Å². The number of carbonyl (C=O) groups is 1. The number of allylic oxidation sites excluding steroid dienone is 1. The lowest BCUT2D eigenvalue weighted by Gasteiger charge is -2.18. The Morgan fingerprint density at radius 2 is 1.77 bits per heavy atom. The largest absolute Gasteiger partial charge is 0.426 e. The number of rotatable bonds is 2. The van der Waals surface area contributed by atoms with Crippen molar-refractivity contribution in [1.29, 1.82) is 0 Å². The van der Waals surface area contributed by atoms with Gasteiger partial charge in [-0.3, -0.25) is 4.79 Å². The molecule has 1 aliphatic carbocycles. The highest BCUT2D eigenvalue weighted by Gasteiger charge is 2.24. The molecule has 2 nitrogen and oxygen atoms in total. The number of fused-ring (bicyclic) bond motifs is 1. The third-order valence-corrected chi connectivity index (χ3v) is 5.93. The van der Waals surface area contributed by atoms with Gasteiger partial charge < -0.3 is 4.74 Å². The van der Waals surface area contributed by atoms with Crippen LogP contribution in [0, 0.1) is 8.99 Å². The number of hydrogen-bond donors (Lipinski definition) is 0. The van der Waals surface area contributed by atoms with Gasteiger partial charge in [0.15, 0.2) is 0 Å². The molecule has 0 unspecified atom stereocenters. The van der Waals surface area contributed by atoms with Crippen molar-refractivity contribution in [2.75, 3.05) is 0 Å². The molecule has 0 saturated heterocycles. The third kappa shape index (κ3) is 4.39. The van der Waals surface area contributed by atoms with E-state index in [4.69, 9.17) is 4.74 Å². The predicted molar refractivity (Wildman–Crippen MR) is 119 cm³/mol. The minimum Gasteiger partial charge on any atom is -0.426 e. The van der Waals surface area contributed by atoms with Crippen molar-refractivity contribution in [3.8, 4) is 5.75 Å². The Hall–Kier alpha value is -1.14. The number of hydrogen-bond acceptors (Lipinski definition) is 2. The zero-order chi connectivity index (χ0) is 18.9. The first-order valence-electron chi connectivity index (χ1n) is 8.76. The summed E-state index contributed by atoms with van der Waals surface area (Å²) in [6, 6.07) is 14.6. The highest BCUT2D eigenvalue weighted by molar-refractivity contribution is 14.1. The quantitative estimate of drug-likeness (QED) is 0.247. The molecule has 0 spiro atoms. The van der Waals surface area contributed by atoms with Crippen molar-refractivity contribution < 1.29 is 9.53 Å². The van der Waals surface area contributed by atoms with Crippen LogP contribution in [0.15, 0.2) is 46.9 Å². The van der Waals surface area contributed by atoms with Crippen molar-refractivity contribution in [3.63, 3.8) is 0 Å². The van der Waals surface area contributed by atoms with Crippen LogP contribution in [0.5, 0.6) is 5.75 Å². The molecule has 2 aromatic carbocycles. The average molecular weight is 525 g/mol. The van der Waals surface area contributed by atoms with E-state index < -0.39 is 5.41 Å². The van der Waals surface area contributed by atoms with Crippen molar-refractivity contribution in [2.24, 2.45) is 5.41 Å². The maximum Gasteiger partial charge on any atom is 0.316 e. The Kier molecular flexibility index (Phi) is 5.92. The van der Waals surface area contributed by atoms with Crippen LogP contribution >= 0.6 is 38.5 Å². The Labute approximate surface area is 177 Å². The Bertz CT molecular complexity index is 861. The molecular weight excluding hydrogens is 503 g/mol. The molecule has 0 heterocycles. The van der Waals surface area contributed by atoms with Gasteiger partial charge in [-0.05, 0) is 109 Å². The summed E-state index contributed by atoms with van der Waals surface area (Å²) < 4.78 is 8.06. The summed E-state index contributed by atoms with van der Waals surface area (Å²) in [5.74, 6) is 0.421. The van der Waals surface area contributed by atoms with Gasteiger partial charge in [-0.2, -0.15) is 0 Å². The van der Waals surface area contributed by atoms with E-state index in [-0.39, 0.29) is 5.97 Å². The smallest absolute Gasteiger partial charge is 0.316 e.